The number of nitrogens with zero attached hydrogens (tertiary/aromatic N) is 1. The second-order valence-corrected chi connectivity index (χ2v) is 5.16. The highest BCUT2D eigenvalue weighted by atomic mass is 16.5. The maximum Gasteiger partial charge on any atom is 0.337 e. The zero-order chi connectivity index (χ0) is 18.2. The van der Waals surface area contributed by atoms with E-state index < -0.39 is 11.9 Å². The average Bonchev–Trinajstić information content (AvgIpc) is 2.63. The van der Waals surface area contributed by atoms with Crippen LogP contribution in [0.5, 0.6) is 0 Å². The summed E-state index contributed by atoms with van der Waals surface area (Å²) >= 11 is 0. The van der Waals surface area contributed by atoms with Crippen LogP contribution in [0.15, 0.2) is 60.3 Å². The monoisotopic (exact) mass is 335 g/mol. The summed E-state index contributed by atoms with van der Waals surface area (Å²) in [5.74, 6) is -0.987. The van der Waals surface area contributed by atoms with Crippen LogP contribution in [-0.2, 0) is 9.53 Å². The molecule has 0 bridgehead atoms. The van der Waals surface area contributed by atoms with Gasteiger partial charge in [-0.3, -0.25) is 4.79 Å². The first-order valence-electron chi connectivity index (χ1n) is 7.47. The molecule has 0 aliphatic heterocycles. The van der Waals surface area contributed by atoms with Crippen LogP contribution in [0.3, 0.4) is 0 Å². The van der Waals surface area contributed by atoms with Gasteiger partial charge in [-0.2, -0.15) is 5.26 Å². The molecule has 1 amide bonds. The number of hydrogen-bond donors (Lipinski definition) is 2. The van der Waals surface area contributed by atoms with Gasteiger partial charge >= 0.3 is 5.97 Å². The molecule has 25 heavy (non-hydrogen) atoms. The predicted octanol–water partition coefficient (Wildman–Crippen LogP) is 3.24. The highest BCUT2D eigenvalue weighted by molar-refractivity contribution is 6.07. The molecule has 2 rings (SSSR count). The van der Waals surface area contributed by atoms with E-state index in [9.17, 15) is 14.9 Å². The van der Waals surface area contributed by atoms with E-state index in [0.29, 0.717) is 16.9 Å². The molecule has 0 fully saturated rings. The Hall–Kier alpha value is -3.59. The van der Waals surface area contributed by atoms with Crippen molar-refractivity contribution in [2.75, 3.05) is 17.7 Å². The van der Waals surface area contributed by atoms with Crippen molar-refractivity contribution in [1.29, 1.82) is 5.26 Å². The number of para-hydroxylation sites is 1. The lowest BCUT2D eigenvalue weighted by Gasteiger charge is -2.08. The van der Waals surface area contributed by atoms with Gasteiger partial charge in [0.15, 0.2) is 0 Å². The quantitative estimate of drug-likeness (QED) is 0.497. The van der Waals surface area contributed by atoms with Crippen molar-refractivity contribution in [1.82, 2.24) is 0 Å². The molecule has 0 radical (unpaired) electrons. The third-order valence-electron chi connectivity index (χ3n) is 3.43. The van der Waals surface area contributed by atoms with Crippen molar-refractivity contribution in [3.63, 3.8) is 0 Å². The minimum atomic E-state index is -0.520. The number of ether oxygens (including phenoxy) is 1. The number of rotatable bonds is 5. The molecule has 0 saturated heterocycles. The zero-order valence-electron chi connectivity index (χ0n) is 13.9. The Kier molecular flexibility index (Phi) is 5.91. The Morgan fingerprint density at radius 1 is 1.16 bits per heavy atom. The Morgan fingerprint density at radius 2 is 1.92 bits per heavy atom. The second kappa shape index (κ2) is 8.31. The summed E-state index contributed by atoms with van der Waals surface area (Å²) in [5.41, 5.74) is 2.36. The lowest BCUT2D eigenvalue weighted by Crippen LogP contribution is -2.15. The molecule has 0 atom stereocenters. The molecule has 0 unspecified atom stereocenters. The van der Waals surface area contributed by atoms with E-state index in [0.717, 1.165) is 5.56 Å². The molecule has 2 N–H and O–H groups in total. The summed E-state index contributed by atoms with van der Waals surface area (Å²) in [6.07, 6.45) is 1.30. The summed E-state index contributed by atoms with van der Waals surface area (Å²) in [6.45, 7) is 1.86. The summed E-state index contributed by atoms with van der Waals surface area (Å²) in [5, 5.41) is 14.7. The highest BCUT2D eigenvalue weighted by Crippen LogP contribution is 2.15. The van der Waals surface area contributed by atoms with Gasteiger partial charge in [0.2, 0.25) is 0 Å². The number of anilines is 2. The SMILES string of the molecule is COC(=O)c1cccc(N/C=C(/C#N)C(=O)Nc2ccccc2C)c1. The molecule has 6 heteroatoms. The zero-order valence-corrected chi connectivity index (χ0v) is 13.9. The van der Waals surface area contributed by atoms with Gasteiger partial charge in [-0.05, 0) is 36.8 Å². The van der Waals surface area contributed by atoms with Gasteiger partial charge in [0.05, 0.1) is 12.7 Å². The number of nitrogens with one attached hydrogen (secondary N) is 2. The van der Waals surface area contributed by atoms with Crippen LogP contribution < -0.4 is 10.6 Å². The Labute approximate surface area is 145 Å². The molecule has 0 aliphatic carbocycles. The molecule has 6 nitrogen and oxygen atoms in total. The molecule has 0 saturated carbocycles. The van der Waals surface area contributed by atoms with E-state index in [1.165, 1.54) is 13.3 Å². The van der Waals surface area contributed by atoms with Crippen molar-refractivity contribution >= 4 is 23.3 Å². The van der Waals surface area contributed by atoms with Gasteiger partial charge in [-0.25, -0.2) is 4.79 Å². The fourth-order valence-corrected chi connectivity index (χ4v) is 2.06. The lowest BCUT2D eigenvalue weighted by molar-refractivity contribution is -0.112. The van der Waals surface area contributed by atoms with E-state index in [1.54, 1.807) is 36.4 Å². The van der Waals surface area contributed by atoms with Crippen LogP contribution in [0, 0.1) is 18.3 Å². The molecule has 126 valence electrons. The van der Waals surface area contributed by atoms with Crippen molar-refractivity contribution < 1.29 is 14.3 Å². The summed E-state index contributed by atoms with van der Waals surface area (Å²) in [7, 11) is 1.30. The first-order valence-corrected chi connectivity index (χ1v) is 7.47. The van der Waals surface area contributed by atoms with E-state index in [-0.39, 0.29) is 5.57 Å². The minimum Gasteiger partial charge on any atom is -0.465 e. The highest BCUT2D eigenvalue weighted by Gasteiger charge is 2.11. The number of carbonyl (C=O) groups excluding carboxylic acids is 2. The van der Waals surface area contributed by atoms with Crippen molar-refractivity contribution in [3.05, 3.63) is 71.4 Å². The van der Waals surface area contributed by atoms with Gasteiger partial charge in [0.25, 0.3) is 5.91 Å². The van der Waals surface area contributed by atoms with Crippen LogP contribution in [0.25, 0.3) is 0 Å². The van der Waals surface area contributed by atoms with Gasteiger partial charge in [0, 0.05) is 17.6 Å². The van der Waals surface area contributed by atoms with Gasteiger partial charge in [0.1, 0.15) is 11.6 Å². The van der Waals surface area contributed by atoms with Crippen molar-refractivity contribution in [2.24, 2.45) is 0 Å². The molecule has 0 spiro atoms. The normalized spacial score (nSPS) is 10.5. The van der Waals surface area contributed by atoms with Gasteiger partial charge in [-0.1, -0.05) is 24.3 Å². The van der Waals surface area contributed by atoms with E-state index in [2.05, 4.69) is 15.4 Å². The molecule has 2 aromatic rings. The maximum absolute atomic E-state index is 12.2. The van der Waals surface area contributed by atoms with E-state index in [4.69, 9.17) is 0 Å². The lowest BCUT2D eigenvalue weighted by atomic mass is 10.2. The third-order valence-corrected chi connectivity index (χ3v) is 3.43. The predicted molar refractivity (Wildman–Crippen MR) is 94.9 cm³/mol. The molecule has 2 aromatic carbocycles. The first kappa shape index (κ1) is 17.8. The Morgan fingerprint density at radius 3 is 2.60 bits per heavy atom. The third kappa shape index (κ3) is 4.69. The number of methoxy groups -OCH3 is 1. The molecular weight excluding hydrogens is 318 g/mol. The fraction of sp³-hybridized carbons (Fsp3) is 0.105. The second-order valence-electron chi connectivity index (χ2n) is 5.16. The largest absolute Gasteiger partial charge is 0.465 e. The number of hydrogen-bond acceptors (Lipinski definition) is 5. The summed E-state index contributed by atoms with van der Waals surface area (Å²) in [4.78, 5) is 23.7. The standard InChI is InChI=1S/C19H17N3O3/c1-13-6-3-4-9-17(13)22-18(23)15(11-20)12-21-16-8-5-7-14(10-16)19(24)25-2/h3-10,12,21H,1-2H3,(H,22,23)/b15-12-. The van der Waals surface area contributed by atoms with Crippen molar-refractivity contribution in [3.8, 4) is 6.07 Å². The minimum absolute atomic E-state index is 0.0910. The van der Waals surface area contributed by atoms with E-state index >= 15 is 0 Å². The van der Waals surface area contributed by atoms with Gasteiger partial charge < -0.3 is 15.4 Å². The van der Waals surface area contributed by atoms with Gasteiger partial charge in [-0.15, -0.1) is 0 Å². The fourth-order valence-electron chi connectivity index (χ4n) is 2.06. The maximum atomic E-state index is 12.2. The number of esters is 1. The summed E-state index contributed by atoms with van der Waals surface area (Å²) < 4.78 is 4.66. The van der Waals surface area contributed by atoms with Crippen LogP contribution in [0.1, 0.15) is 15.9 Å². The van der Waals surface area contributed by atoms with Crippen molar-refractivity contribution in [2.45, 2.75) is 6.92 Å². The Bertz CT molecular complexity index is 866. The average molecular weight is 335 g/mol. The number of amides is 1. The first-order chi connectivity index (χ1) is 12.0. The van der Waals surface area contributed by atoms with Crippen LogP contribution in [-0.4, -0.2) is 19.0 Å². The van der Waals surface area contributed by atoms with Crippen LogP contribution in [0.4, 0.5) is 11.4 Å². The number of benzene rings is 2. The van der Waals surface area contributed by atoms with E-state index in [1.807, 2.05) is 25.1 Å². The van der Waals surface area contributed by atoms with Crippen LogP contribution in [0.2, 0.25) is 0 Å². The number of aryl methyl sites for hydroxylation is 1. The Balaban J connectivity index is 2.13. The summed E-state index contributed by atoms with van der Waals surface area (Å²) in [6, 6.07) is 15.7. The molecule has 0 aromatic heterocycles. The molecule has 0 aliphatic rings. The van der Waals surface area contributed by atoms with Crippen LogP contribution >= 0.6 is 0 Å². The smallest absolute Gasteiger partial charge is 0.337 e. The topological polar surface area (TPSA) is 91.2 Å². The number of nitriles is 1. The molecular formula is C19H17N3O3. The molecule has 0 heterocycles. The number of carbonyl (C=O) groups is 2.